The minimum Gasteiger partial charge on any atom is -0.309 e. The summed E-state index contributed by atoms with van der Waals surface area (Å²) in [6.45, 7) is 1.10. The first-order valence-corrected chi connectivity index (χ1v) is 10.8. The minimum absolute atomic E-state index is 0.446. The fraction of sp³-hybridized carbons (Fsp3) is 0.217. The molecule has 0 saturated heterocycles. The van der Waals surface area contributed by atoms with Crippen molar-refractivity contribution < 1.29 is 0 Å². The van der Waals surface area contributed by atoms with E-state index < -0.39 is 7.92 Å². The molecule has 3 aromatic rings. The van der Waals surface area contributed by atoms with Gasteiger partial charge in [-0.05, 0) is 50.9 Å². The van der Waals surface area contributed by atoms with Crippen LogP contribution in [0.1, 0.15) is 6.42 Å². The number of hydrogen-bond acceptors (Lipinski definition) is 1. The van der Waals surface area contributed by atoms with E-state index in [0.29, 0.717) is 0 Å². The fourth-order valence-electron chi connectivity index (χ4n) is 2.55. The van der Waals surface area contributed by atoms with Crippen molar-refractivity contribution in [1.29, 1.82) is 0 Å². The topological polar surface area (TPSA) is 3.24 Å². The van der Waals surface area contributed by atoms with E-state index in [1.54, 1.807) is 0 Å². The highest BCUT2D eigenvalue weighted by Crippen LogP contribution is 2.32. The van der Waals surface area contributed by atoms with Gasteiger partial charge >= 0.3 is 0 Å². The fourth-order valence-corrected chi connectivity index (χ4v) is 4.98. The Bertz CT molecular complexity index is 623. The van der Waals surface area contributed by atoms with Crippen molar-refractivity contribution in [3.8, 4) is 0 Å². The van der Waals surface area contributed by atoms with E-state index >= 15 is 0 Å². The molecule has 0 bridgehead atoms. The second kappa shape index (κ2) is 11.9. The maximum absolute atomic E-state index is 5.42. The predicted molar refractivity (Wildman–Crippen MR) is 119 cm³/mol. The Kier molecular flexibility index (Phi) is 9.42. The Hall–Kier alpha value is -1.66. The summed E-state index contributed by atoms with van der Waals surface area (Å²) < 4.78 is 0. The lowest BCUT2D eigenvalue weighted by Gasteiger charge is -2.18. The van der Waals surface area contributed by atoms with Crippen LogP contribution in [0.2, 0.25) is 0 Å². The number of benzene rings is 3. The predicted octanol–water partition coefficient (Wildman–Crippen LogP) is 4.62. The van der Waals surface area contributed by atoms with Crippen molar-refractivity contribution in [2.24, 2.45) is 0 Å². The molecule has 0 amide bonds. The van der Waals surface area contributed by atoms with Crippen molar-refractivity contribution in [2.75, 3.05) is 26.5 Å². The first kappa shape index (κ1) is 20.6. The highest BCUT2D eigenvalue weighted by molar-refractivity contribution is 7.79. The van der Waals surface area contributed by atoms with Gasteiger partial charge in [-0.15, -0.1) is 11.6 Å². The van der Waals surface area contributed by atoms with Gasteiger partial charge in [0, 0.05) is 5.88 Å². The molecule has 0 saturated carbocycles. The number of hydrogen-bond donors (Lipinski definition) is 0. The van der Waals surface area contributed by atoms with Crippen LogP contribution in [-0.2, 0) is 0 Å². The van der Waals surface area contributed by atoms with Crippen molar-refractivity contribution in [3.63, 3.8) is 0 Å². The molecular formula is C23H27ClNP. The molecule has 0 heterocycles. The third-order valence-corrected chi connectivity index (χ3v) is 6.49. The van der Waals surface area contributed by atoms with Gasteiger partial charge in [0.25, 0.3) is 0 Å². The molecule has 136 valence electrons. The summed E-state index contributed by atoms with van der Waals surface area (Å²) in [4.78, 5) is 2.13. The third-order valence-electron chi connectivity index (χ3n) is 3.78. The molecular weight excluding hydrogens is 357 g/mol. The molecule has 0 N–H and O–H groups in total. The van der Waals surface area contributed by atoms with Crippen LogP contribution < -0.4 is 15.9 Å². The summed E-state index contributed by atoms with van der Waals surface area (Å²) in [5.41, 5.74) is 0. The van der Waals surface area contributed by atoms with Crippen LogP contribution >= 0.6 is 19.5 Å². The molecule has 0 aliphatic carbocycles. The van der Waals surface area contributed by atoms with Crippen LogP contribution in [0.3, 0.4) is 0 Å². The molecule has 0 fully saturated rings. The van der Waals surface area contributed by atoms with E-state index in [1.807, 2.05) is 14.1 Å². The standard InChI is InChI=1S/C18H15P.C5H12ClN/c1-4-10-16(11-5-1)19(17-12-6-2-7-13-17)18-14-8-3-9-15-18;1-7(2)5-3-4-6/h1-15H;3-5H2,1-2H3. The average Bonchev–Trinajstić information content (AvgIpc) is 2.70. The van der Waals surface area contributed by atoms with Gasteiger partial charge in [0.05, 0.1) is 0 Å². The maximum atomic E-state index is 5.42. The molecule has 0 radical (unpaired) electrons. The molecule has 0 aliphatic heterocycles. The van der Waals surface area contributed by atoms with E-state index in [9.17, 15) is 0 Å². The number of rotatable bonds is 6. The normalized spacial score (nSPS) is 10.5. The van der Waals surface area contributed by atoms with E-state index in [0.717, 1.165) is 18.8 Å². The van der Waals surface area contributed by atoms with Crippen LogP contribution in [0.4, 0.5) is 0 Å². The van der Waals surface area contributed by atoms with Gasteiger partial charge in [0.2, 0.25) is 0 Å². The molecule has 26 heavy (non-hydrogen) atoms. The highest BCUT2D eigenvalue weighted by atomic mass is 35.5. The van der Waals surface area contributed by atoms with Crippen LogP contribution in [-0.4, -0.2) is 31.4 Å². The van der Waals surface area contributed by atoms with Gasteiger partial charge in [-0.3, -0.25) is 0 Å². The van der Waals surface area contributed by atoms with Crippen LogP contribution in [0.15, 0.2) is 91.0 Å². The maximum Gasteiger partial charge on any atom is 0.0235 e. The summed E-state index contributed by atoms with van der Waals surface area (Å²) in [5.74, 6) is 0.776. The molecule has 3 rings (SSSR count). The Morgan fingerprint density at radius 1 is 0.654 bits per heavy atom. The minimum atomic E-state index is -0.446. The van der Waals surface area contributed by atoms with Crippen LogP contribution in [0, 0.1) is 0 Å². The first-order chi connectivity index (χ1) is 12.7. The lowest BCUT2D eigenvalue weighted by Crippen LogP contribution is -2.20. The van der Waals surface area contributed by atoms with Gasteiger partial charge in [0.15, 0.2) is 0 Å². The van der Waals surface area contributed by atoms with Crippen LogP contribution in [0.5, 0.6) is 0 Å². The Morgan fingerprint density at radius 2 is 1.00 bits per heavy atom. The van der Waals surface area contributed by atoms with Crippen molar-refractivity contribution >= 4 is 35.4 Å². The molecule has 0 aromatic heterocycles. The van der Waals surface area contributed by atoms with Crippen molar-refractivity contribution in [1.82, 2.24) is 4.90 Å². The van der Waals surface area contributed by atoms with Gasteiger partial charge in [-0.2, -0.15) is 0 Å². The molecule has 0 spiro atoms. The zero-order valence-corrected chi connectivity index (χ0v) is 17.2. The van der Waals surface area contributed by atoms with Gasteiger partial charge in [-0.25, -0.2) is 0 Å². The lowest BCUT2D eigenvalue weighted by atomic mass is 10.4. The summed E-state index contributed by atoms with van der Waals surface area (Å²) in [5, 5.41) is 4.19. The summed E-state index contributed by atoms with van der Waals surface area (Å²) >= 11 is 5.42. The number of nitrogens with zero attached hydrogens (tertiary/aromatic N) is 1. The van der Waals surface area contributed by atoms with Gasteiger partial charge in [-0.1, -0.05) is 91.0 Å². The SMILES string of the molecule is CN(C)CCCCl.c1ccc(P(c2ccccc2)c2ccccc2)cc1. The van der Waals surface area contributed by atoms with Gasteiger partial charge in [0.1, 0.15) is 0 Å². The number of alkyl halides is 1. The van der Waals surface area contributed by atoms with E-state index in [-0.39, 0.29) is 0 Å². The second-order valence-corrected chi connectivity index (χ2v) is 8.79. The Balaban J connectivity index is 0.000000298. The Morgan fingerprint density at radius 3 is 1.23 bits per heavy atom. The lowest BCUT2D eigenvalue weighted by molar-refractivity contribution is 0.409. The summed E-state index contributed by atoms with van der Waals surface area (Å²) in [7, 11) is 3.65. The highest BCUT2D eigenvalue weighted by Gasteiger charge is 2.14. The Labute approximate surface area is 164 Å². The molecule has 1 nitrogen and oxygen atoms in total. The quantitative estimate of drug-likeness (QED) is 0.443. The largest absolute Gasteiger partial charge is 0.309 e. The van der Waals surface area contributed by atoms with E-state index in [2.05, 4.69) is 95.9 Å². The smallest absolute Gasteiger partial charge is 0.0235 e. The third kappa shape index (κ3) is 6.92. The van der Waals surface area contributed by atoms with Crippen molar-refractivity contribution in [3.05, 3.63) is 91.0 Å². The zero-order chi connectivity index (χ0) is 18.6. The van der Waals surface area contributed by atoms with Crippen LogP contribution in [0.25, 0.3) is 0 Å². The zero-order valence-electron chi connectivity index (χ0n) is 15.6. The van der Waals surface area contributed by atoms with Crippen molar-refractivity contribution in [2.45, 2.75) is 6.42 Å². The monoisotopic (exact) mass is 383 g/mol. The second-order valence-electron chi connectivity index (χ2n) is 6.19. The number of halogens is 1. The first-order valence-electron chi connectivity index (χ1n) is 8.88. The molecule has 3 heteroatoms. The summed E-state index contributed by atoms with van der Waals surface area (Å²) in [6.07, 6.45) is 1.09. The average molecular weight is 384 g/mol. The summed E-state index contributed by atoms with van der Waals surface area (Å²) in [6, 6.07) is 32.3. The molecule has 0 atom stereocenters. The molecule has 3 aromatic carbocycles. The van der Waals surface area contributed by atoms with E-state index in [1.165, 1.54) is 15.9 Å². The van der Waals surface area contributed by atoms with E-state index in [4.69, 9.17) is 11.6 Å². The molecule has 0 aliphatic rings. The van der Waals surface area contributed by atoms with Gasteiger partial charge < -0.3 is 4.90 Å². The molecule has 0 unspecified atom stereocenters.